The summed E-state index contributed by atoms with van der Waals surface area (Å²) in [7, 11) is 1.60. The molecule has 3 heterocycles. The summed E-state index contributed by atoms with van der Waals surface area (Å²) in [6, 6.07) is 2.40. The van der Waals surface area contributed by atoms with Crippen molar-refractivity contribution in [3.05, 3.63) is 41.7 Å². The zero-order chi connectivity index (χ0) is 24.4. The van der Waals surface area contributed by atoms with Crippen LogP contribution in [0.2, 0.25) is 0 Å². The summed E-state index contributed by atoms with van der Waals surface area (Å²) in [5.74, 6) is 1.91. The molecule has 3 aliphatic rings. The largest absolute Gasteiger partial charge is 0.494 e. The lowest BCUT2D eigenvalue weighted by Crippen LogP contribution is -2.43. The smallest absolute Gasteiger partial charge is 0.227 e. The fourth-order valence-corrected chi connectivity index (χ4v) is 5.27. The first-order valence-electron chi connectivity index (χ1n) is 12.5. The summed E-state index contributed by atoms with van der Waals surface area (Å²) in [4.78, 5) is 24.7. The average Bonchev–Trinajstić information content (AvgIpc) is 3.60. The van der Waals surface area contributed by atoms with E-state index in [1.54, 1.807) is 24.4 Å². The van der Waals surface area contributed by atoms with Gasteiger partial charge in [0, 0.05) is 43.9 Å². The van der Waals surface area contributed by atoms with Gasteiger partial charge in [0.25, 0.3) is 0 Å². The molecule has 2 aliphatic heterocycles. The number of ether oxygens (including phenoxy) is 2. The van der Waals surface area contributed by atoms with E-state index in [1.165, 1.54) is 18.6 Å². The van der Waals surface area contributed by atoms with Crippen LogP contribution < -0.4 is 14.4 Å². The molecule has 2 saturated heterocycles. The van der Waals surface area contributed by atoms with E-state index in [-0.39, 0.29) is 23.6 Å². The van der Waals surface area contributed by atoms with Gasteiger partial charge in [0.05, 0.1) is 32.5 Å². The van der Waals surface area contributed by atoms with Crippen molar-refractivity contribution in [2.24, 2.45) is 17.8 Å². The van der Waals surface area contributed by atoms with Crippen LogP contribution in [0.4, 0.5) is 14.7 Å². The molecule has 1 saturated carbocycles. The standard InChI is InChI=1S/C26H32F2N4O3/c1-34-20-15-29-26(30-16-20)32-8-3-17(4-9-32)21-11-18(21)5-10-35-19-12-23(27)22(24(28)13-19)14-25(33)31-6-2-7-31/h12-13,15-18,21H,2-11,14H2,1H3/t18-,21?/m1/s1. The number of halogens is 2. The average molecular weight is 487 g/mol. The van der Waals surface area contributed by atoms with Crippen LogP contribution in [0.3, 0.4) is 0 Å². The number of carbonyl (C=O) groups is 1. The van der Waals surface area contributed by atoms with Crippen LogP contribution in [0.15, 0.2) is 24.5 Å². The van der Waals surface area contributed by atoms with Gasteiger partial charge in [-0.3, -0.25) is 4.79 Å². The predicted molar refractivity (Wildman–Crippen MR) is 126 cm³/mol. The molecular formula is C26H32F2N4O3. The van der Waals surface area contributed by atoms with Crippen molar-refractivity contribution in [2.75, 3.05) is 44.8 Å². The predicted octanol–water partition coefficient (Wildman–Crippen LogP) is 3.86. The summed E-state index contributed by atoms with van der Waals surface area (Å²) < 4.78 is 39.7. The first-order chi connectivity index (χ1) is 17.0. The molecule has 1 aromatic heterocycles. The Labute approximate surface area is 204 Å². The summed E-state index contributed by atoms with van der Waals surface area (Å²) in [6.07, 6.45) is 8.40. The fraction of sp³-hybridized carbons (Fsp3) is 0.577. The Bertz CT molecular complexity index is 1020. The highest BCUT2D eigenvalue weighted by Gasteiger charge is 2.43. The van der Waals surface area contributed by atoms with Crippen molar-refractivity contribution in [2.45, 2.75) is 38.5 Å². The molecule has 5 rings (SSSR count). The van der Waals surface area contributed by atoms with Crippen LogP contribution >= 0.6 is 0 Å². The van der Waals surface area contributed by atoms with Crippen LogP contribution in [0.5, 0.6) is 11.5 Å². The number of likely N-dealkylation sites (tertiary alicyclic amines) is 1. The lowest BCUT2D eigenvalue weighted by atomic mass is 9.90. The van der Waals surface area contributed by atoms with E-state index in [0.29, 0.717) is 43.2 Å². The molecule has 0 spiro atoms. The summed E-state index contributed by atoms with van der Waals surface area (Å²) in [5, 5.41) is 0. The molecule has 0 radical (unpaired) electrons. The molecule has 1 aliphatic carbocycles. The van der Waals surface area contributed by atoms with Crippen LogP contribution in [0.25, 0.3) is 0 Å². The van der Waals surface area contributed by atoms with Crippen LogP contribution in [0.1, 0.15) is 37.7 Å². The molecule has 2 atom stereocenters. The van der Waals surface area contributed by atoms with Crippen molar-refractivity contribution in [1.82, 2.24) is 14.9 Å². The number of methoxy groups -OCH3 is 1. The number of hydrogen-bond acceptors (Lipinski definition) is 6. The third-order valence-corrected chi connectivity index (χ3v) is 7.66. The number of piperidine rings is 1. The molecule has 35 heavy (non-hydrogen) atoms. The first-order valence-corrected chi connectivity index (χ1v) is 12.5. The second-order valence-electron chi connectivity index (χ2n) is 9.82. The van der Waals surface area contributed by atoms with Crippen LogP contribution in [-0.2, 0) is 11.2 Å². The van der Waals surface area contributed by atoms with E-state index in [4.69, 9.17) is 9.47 Å². The molecule has 2 aromatic rings. The number of hydrogen-bond donors (Lipinski definition) is 0. The number of anilines is 1. The van der Waals surface area contributed by atoms with Gasteiger partial charge < -0.3 is 19.3 Å². The minimum Gasteiger partial charge on any atom is -0.494 e. The second-order valence-corrected chi connectivity index (χ2v) is 9.82. The minimum absolute atomic E-state index is 0.178. The van der Waals surface area contributed by atoms with Crippen molar-refractivity contribution >= 4 is 11.9 Å². The van der Waals surface area contributed by atoms with Crippen LogP contribution in [0, 0.1) is 29.4 Å². The molecule has 7 nitrogen and oxygen atoms in total. The first kappa shape index (κ1) is 23.8. The van der Waals surface area contributed by atoms with Crippen molar-refractivity contribution in [3.8, 4) is 11.5 Å². The molecule has 1 aromatic carbocycles. The van der Waals surface area contributed by atoms with Crippen molar-refractivity contribution < 1.29 is 23.0 Å². The van der Waals surface area contributed by atoms with Crippen LogP contribution in [-0.4, -0.2) is 60.7 Å². The Balaban J connectivity index is 1.04. The lowest BCUT2D eigenvalue weighted by Gasteiger charge is -2.32. The molecular weight excluding hydrogens is 454 g/mol. The molecule has 1 unspecified atom stereocenters. The van der Waals surface area contributed by atoms with Gasteiger partial charge in [-0.25, -0.2) is 18.7 Å². The van der Waals surface area contributed by atoms with Crippen molar-refractivity contribution in [3.63, 3.8) is 0 Å². The van der Waals surface area contributed by atoms with Gasteiger partial charge in [0.2, 0.25) is 11.9 Å². The Morgan fingerprint density at radius 1 is 1.06 bits per heavy atom. The zero-order valence-electron chi connectivity index (χ0n) is 20.1. The third kappa shape index (κ3) is 5.49. The molecule has 0 N–H and O–H groups in total. The van der Waals surface area contributed by atoms with Gasteiger partial charge in [0.15, 0.2) is 5.75 Å². The monoisotopic (exact) mass is 486 g/mol. The normalized spacial score (nSPS) is 22.0. The van der Waals surface area contributed by atoms with E-state index >= 15 is 0 Å². The van der Waals surface area contributed by atoms with E-state index in [0.717, 1.165) is 44.7 Å². The van der Waals surface area contributed by atoms with Gasteiger partial charge in [-0.1, -0.05) is 0 Å². The maximum atomic E-state index is 14.4. The SMILES string of the molecule is COc1cnc(N2CCC(C3C[C@H]3CCOc3cc(F)c(CC(=O)N4CCC4)c(F)c3)CC2)nc1. The van der Waals surface area contributed by atoms with Crippen molar-refractivity contribution in [1.29, 1.82) is 0 Å². The number of amides is 1. The summed E-state index contributed by atoms with van der Waals surface area (Å²) in [6.45, 7) is 3.66. The third-order valence-electron chi connectivity index (χ3n) is 7.66. The molecule has 1 amide bonds. The molecule has 9 heteroatoms. The molecule has 188 valence electrons. The fourth-order valence-electron chi connectivity index (χ4n) is 5.27. The van der Waals surface area contributed by atoms with Gasteiger partial charge in [-0.2, -0.15) is 0 Å². The Morgan fingerprint density at radius 2 is 1.74 bits per heavy atom. The quantitative estimate of drug-likeness (QED) is 0.536. The van der Waals surface area contributed by atoms with E-state index in [1.807, 2.05) is 0 Å². The van der Waals surface area contributed by atoms with Gasteiger partial charge in [-0.15, -0.1) is 0 Å². The van der Waals surface area contributed by atoms with E-state index in [2.05, 4.69) is 14.9 Å². The number of aromatic nitrogens is 2. The van der Waals surface area contributed by atoms with Gasteiger partial charge in [0.1, 0.15) is 17.4 Å². The minimum atomic E-state index is -0.717. The number of nitrogens with zero attached hydrogens (tertiary/aromatic N) is 4. The highest BCUT2D eigenvalue weighted by atomic mass is 19.1. The maximum Gasteiger partial charge on any atom is 0.227 e. The zero-order valence-corrected chi connectivity index (χ0v) is 20.1. The lowest BCUT2D eigenvalue weighted by molar-refractivity contribution is -0.133. The van der Waals surface area contributed by atoms with Gasteiger partial charge in [-0.05, 0) is 49.9 Å². The summed E-state index contributed by atoms with van der Waals surface area (Å²) in [5.41, 5.74) is -0.178. The van der Waals surface area contributed by atoms with E-state index < -0.39 is 11.6 Å². The number of carbonyl (C=O) groups excluding carboxylic acids is 1. The second kappa shape index (κ2) is 10.3. The highest BCUT2D eigenvalue weighted by molar-refractivity contribution is 5.79. The number of benzene rings is 1. The Hall–Kier alpha value is -2.97. The topological polar surface area (TPSA) is 67.8 Å². The molecule has 0 bridgehead atoms. The Kier molecular flexibility index (Phi) is 7.02. The maximum absolute atomic E-state index is 14.4. The number of rotatable bonds is 9. The van der Waals surface area contributed by atoms with Gasteiger partial charge >= 0.3 is 0 Å². The Morgan fingerprint density at radius 3 is 2.34 bits per heavy atom. The molecule has 3 fully saturated rings. The summed E-state index contributed by atoms with van der Waals surface area (Å²) >= 11 is 0. The highest BCUT2D eigenvalue weighted by Crippen LogP contribution is 2.49. The van der Waals surface area contributed by atoms with E-state index in [9.17, 15) is 13.6 Å².